The summed E-state index contributed by atoms with van der Waals surface area (Å²) in [7, 11) is 1.82. The number of thiophene rings is 1. The number of phenols is 1. The molecule has 1 heterocycles. The molecule has 1 atom stereocenters. The number of amides is 2. The van der Waals surface area contributed by atoms with Crippen molar-refractivity contribution in [3.05, 3.63) is 51.7 Å². The number of hydrogen-bond donors (Lipinski definition) is 2. The molecule has 0 aliphatic heterocycles. The normalized spacial score (nSPS) is 12.0. The Morgan fingerprint density at radius 2 is 2.00 bits per heavy atom. The lowest BCUT2D eigenvalue weighted by atomic mass is 10.1. The maximum absolute atomic E-state index is 12.2. The number of aryl methyl sites for hydroxylation is 2. The predicted molar refractivity (Wildman–Crippen MR) is 94.9 cm³/mol. The summed E-state index contributed by atoms with van der Waals surface area (Å²) < 4.78 is 0. The van der Waals surface area contributed by atoms with Crippen LogP contribution in [0.3, 0.4) is 0 Å². The van der Waals surface area contributed by atoms with Crippen LogP contribution in [-0.2, 0) is 13.0 Å². The van der Waals surface area contributed by atoms with E-state index in [-0.39, 0.29) is 17.8 Å². The Hall–Kier alpha value is -2.01. The number of carbonyl (C=O) groups is 1. The highest BCUT2D eigenvalue weighted by atomic mass is 32.1. The van der Waals surface area contributed by atoms with Crippen LogP contribution in [0.2, 0.25) is 0 Å². The Kier molecular flexibility index (Phi) is 6.04. The summed E-state index contributed by atoms with van der Waals surface area (Å²) in [6.07, 6.45) is 1.73. The maximum atomic E-state index is 12.2. The second kappa shape index (κ2) is 8.02. The summed E-state index contributed by atoms with van der Waals surface area (Å²) in [5.41, 5.74) is 2.39. The molecule has 2 rings (SSSR count). The molecule has 1 aromatic carbocycles. The van der Waals surface area contributed by atoms with Gasteiger partial charge in [0.25, 0.3) is 0 Å². The van der Waals surface area contributed by atoms with Gasteiger partial charge in [-0.15, -0.1) is 11.3 Å². The molecular weight excluding hydrogens is 308 g/mol. The fraction of sp³-hybridized carbons (Fsp3) is 0.389. The van der Waals surface area contributed by atoms with Crippen molar-refractivity contribution in [2.75, 3.05) is 7.05 Å². The quantitative estimate of drug-likeness (QED) is 0.842. The van der Waals surface area contributed by atoms with Gasteiger partial charge < -0.3 is 15.3 Å². The maximum Gasteiger partial charge on any atom is 0.317 e. The van der Waals surface area contributed by atoms with Gasteiger partial charge in [0.05, 0.1) is 6.54 Å². The Morgan fingerprint density at radius 3 is 2.61 bits per heavy atom. The van der Waals surface area contributed by atoms with E-state index in [4.69, 9.17) is 0 Å². The molecule has 124 valence electrons. The van der Waals surface area contributed by atoms with Crippen molar-refractivity contribution >= 4 is 17.4 Å². The van der Waals surface area contributed by atoms with Crippen LogP contribution in [0.4, 0.5) is 4.79 Å². The predicted octanol–water partition coefficient (Wildman–Crippen LogP) is 3.92. The molecule has 0 bridgehead atoms. The van der Waals surface area contributed by atoms with Crippen molar-refractivity contribution < 1.29 is 9.90 Å². The minimum atomic E-state index is -0.0454. The van der Waals surface area contributed by atoms with Crippen LogP contribution in [0, 0.1) is 6.92 Å². The highest BCUT2D eigenvalue weighted by molar-refractivity contribution is 7.10. The Labute approximate surface area is 141 Å². The molecule has 2 aromatic rings. The molecule has 1 unspecified atom stereocenters. The average Bonchev–Trinajstić information content (AvgIpc) is 2.91. The minimum Gasteiger partial charge on any atom is -0.508 e. The fourth-order valence-corrected chi connectivity index (χ4v) is 3.25. The zero-order valence-electron chi connectivity index (χ0n) is 13.9. The molecule has 0 fully saturated rings. The van der Waals surface area contributed by atoms with Gasteiger partial charge in [-0.3, -0.25) is 0 Å². The van der Waals surface area contributed by atoms with Gasteiger partial charge in [0.15, 0.2) is 0 Å². The molecule has 0 spiro atoms. The highest BCUT2D eigenvalue weighted by Crippen LogP contribution is 2.17. The van der Waals surface area contributed by atoms with Gasteiger partial charge in [0.1, 0.15) is 5.75 Å². The van der Waals surface area contributed by atoms with Crippen LogP contribution in [0.25, 0.3) is 0 Å². The van der Waals surface area contributed by atoms with Crippen LogP contribution >= 0.6 is 11.3 Å². The van der Waals surface area contributed by atoms with Gasteiger partial charge in [0, 0.05) is 18.0 Å². The topological polar surface area (TPSA) is 52.6 Å². The van der Waals surface area contributed by atoms with E-state index >= 15 is 0 Å². The summed E-state index contributed by atoms with van der Waals surface area (Å²) in [5.74, 6) is 0.278. The Balaban J connectivity index is 1.77. The first-order chi connectivity index (χ1) is 11.0. The van der Waals surface area contributed by atoms with E-state index in [1.54, 1.807) is 28.4 Å². The van der Waals surface area contributed by atoms with Gasteiger partial charge in [-0.1, -0.05) is 12.1 Å². The third-order valence-corrected chi connectivity index (χ3v) is 4.88. The smallest absolute Gasteiger partial charge is 0.317 e. The molecule has 1 aromatic heterocycles. The molecule has 0 radical (unpaired) electrons. The molecule has 2 amide bonds. The van der Waals surface area contributed by atoms with Gasteiger partial charge >= 0.3 is 6.03 Å². The number of carbonyl (C=O) groups excluding carboxylic acids is 1. The van der Waals surface area contributed by atoms with Crippen LogP contribution in [0.5, 0.6) is 5.75 Å². The summed E-state index contributed by atoms with van der Waals surface area (Å²) in [5, 5.41) is 14.4. The van der Waals surface area contributed by atoms with E-state index in [1.165, 1.54) is 10.4 Å². The Bertz CT molecular complexity index is 637. The first-order valence-corrected chi connectivity index (χ1v) is 8.66. The third kappa shape index (κ3) is 5.28. The zero-order chi connectivity index (χ0) is 16.8. The number of nitrogens with zero attached hydrogens (tertiary/aromatic N) is 1. The van der Waals surface area contributed by atoms with E-state index in [0.717, 1.165) is 18.4 Å². The minimum absolute atomic E-state index is 0.0454. The molecule has 0 aliphatic rings. The summed E-state index contributed by atoms with van der Waals surface area (Å²) >= 11 is 1.68. The molecule has 0 saturated heterocycles. The van der Waals surface area contributed by atoms with Crippen LogP contribution in [0.1, 0.15) is 29.3 Å². The van der Waals surface area contributed by atoms with E-state index < -0.39 is 0 Å². The Morgan fingerprint density at radius 1 is 1.30 bits per heavy atom. The number of nitrogens with one attached hydrogen (secondary N) is 1. The molecular formula is C18H24N2O2S. The first kappa shape index (κ1) is 17.3. The summed E-state index contributed by atoms with van der Waals surface area (Å²) in [6.45, 7) is 4.72. The monoisotopic (exact) mass is 332 g/mol. The second-order valence-electron chi connectivity index (χ2n) is 5.94. The third-order valence-electron chi connectivity index (χ3n) is 3.87. The van der Waals surface area contributed by atoms with Crippen molar-refractivity contribution in [3.8, 4) is 5.75 Å². The van der Waals surface area contributed by atoms with Crippen molar-refractivity contribution in [1.29, 1.82) is 0 Å². The molecule has 5 heteroatoms. The van der Waals surface area contributed by atoms with Crippen LogP contribution in [-0.4, -0.2) is 29.1 Å². The molecule has 0 aliphatic carbocycles. The second-order valence-corrected chi connectivity index (χ2v) is 6.94. The average molecular weight is 332 g/mol. The van der Waals surface area contributed by atoms with E-state index in [9.17, 15) is 9.90 Å². The lowest BCUT2D eigenvalue weighted by Crippen LogP contribution is -2.41. The van der Waals surface area contributed by atoms with Crippen molar-refractivity contribution in [2.45, 2.75) is 39.3 Å². The number of benzene rings is 1. The van der Waals surface area contributed by atoms with Crippen LogP contribution in [0.15, 0.2) is 35.7 Å². The van der Waals surface area contributed by atoms with Crippen LogP contribution < -0.4 is 5.32 Å². The number of rotatable bonds is 6. The van der Waals surface area contributed by atoms with Crippen molar-refractivity contribution in [2.24, 2.45) is 0 Å². The molecule has 2 N–H and O–H groups in total. The zero-order valence-corrected chi connectivity index (χ0v) is 14.7. The highest BCUT2D eigenvalue weighted by Gasteiger charge is 2.13. The van der Waals surface area contributed by atoms with Crippen molar-refractivity contribution in [3.63, 3.8) is 0 Å². The summed E-state index contributed by atoms with van der Waals surface area (Å²) in [6, 6.07) is 9.34. The summed E-state index contributed by atoms with van der Waals surface area (Å²) in [4.78, 5) is 15.2. The van der Waals surface area contributed by atoms with E-state index in [2.05, 4.69) is 23.7 Å². The number of aromatic hydroxyl groups is 1. The largest absolute Gasteiger partial charge is 0.508 e. The lowest BCUT2D eigenvalue weighted by molar-refractivity contribution is 0.203. The standard InChI is InChI=1S/C18H24N2O2S/c1-13-10-11-23-17(13)12-20(3)18(22)19-14(2)4-5-15-6-8-16(21)9-7-15/h6-11,14,21H,4-5,12H2,1-3H3,(H,19,22). The first-order valence-electron chi connectivity index (χ1n) is 7.78. The van der Waals surface area contributed by atoms with Gasteiger partial charge in [-0.25, -0.2) is 4.79 Å². The molecule has 4 nitrogen and oxygen atoms in total. The van der Waals surface area contributed by atoms with Crippen molar-refractivity contribution in [1.82, 2.24) is 10.2 Å². The SMILES string of the molecule is Cc1ccsc1CN(C)C(=O)NC(C)CCc1ccc(O)cc1. The fourth-order valence-electron chi connectivity index (χ4n) is 2.29. The molecule has 0 saturated carbocycles. The van der Waals surface area contributed by atoms with Gasteiger partial charge in [-0.05, 0) is 61.4 Å². The molecule has 23 heavy (non-hydrogen) atoms. The van der Waals surface area contributed by atoms with Gasteiger partial charge in [-0.2, -0.15) is 0 Å². The lowest BCUT2D eigenvalue weighted by Gasteiger charge is -2.21. The number of phenolic OH excluding ortho intramolecular Hbond substituents is 1. The van der Waals surface area contributed by atoms with E-state index in [1.807, 2.05) is 26.1 Å². The van der Waals surface area contributed by atoms with E-state index in [0.29, 0.717) is 6.54 Å². The number of hydrogen-bond acceptors (Lipinski definition) is 3. The van der Waals surface area contributed by atoms with Gasteiger partial charge in [0.2, 0.25) is 0 Å². The number of urea groups is 1.